The molecule has 4 rings (SSSR count). The van der Waals surface area contributed by atoms with Crippen LogP contribution in [-0.2, 0) is 11.4 Å². The van der Waals surface area contributed by atoms with E-state index < -0.39 is 0 Å². The highest BCUT2D eigenvalue weighted by Crippen LogP contribution is 2.32. The number of anilines is 2. The molecule has 2 aromatic carbocycles. The highest BCUT2D eigenvalue weighted by Gasteiger charge is 2.29. The first-order valence-corrected chi connectivity index (χ1v) is 10.0. The van der Waals surface area contributed by atoms with E-state index in [2.05, 4.69) is 15.6 Å². The standard InChI is InChI=1S/C24H23N3O4/c1-30-21-11-10-20(13-22(21)31-15-16-3-2-12-25-14-16)27-24(29)18-6-8-19(9-7-18)26-23(28)17-4-5-17/h2-3,6-14,17H,4-5,15H2,1H3,(H,26,28)(H,27,29). The number of nitrogens with zero attached hydrogens (tertiary/aromatic N) is 1. The molecule has 3 aromatic rings. The van der Waals surface area contributed by atoms with Crippen molar-refractivity contribution in [2.75, 3.05) is 17.7 Å². The SMILES string of the molecule is COc1ccc(NC(=O)c2ccc(NC(=O)C3CC3)cc2)cc1OCc1cccnc1. The molecule has 0 bridgehead atoms. The third kappa shape index (κ3) is 5.39. The number of pyridine rings is 1. The van der Waals surface area contributed by atoms with Crippen LogP contribution in [0.2, 0.25) is 0 Å². The van der Waals surface area contributed by atoms with Crippen molar-refractivity contribution in [2.45, 2.75) is 19.4 Å². The van der Waals surface area contributed by atoms with Gasteiger partial charge in [-0.15, -0.1) is 0 Å². The number of hydrogen-bond donors (Lipinski definition) is 2. The second-order valence-corrected chi connectivity index (χ2v) is 7.31. The minimum absolute atomic E-state index is 0.0363. The Hall–Kier alpha value is -3.87. The molecule has 1 heterocycles. The number of carbonyl (C=O) groups is 2. The van der Waals surface area contributed by atoms with Crippen LogP contribution in [0.1, 0.15) is 28.8 Å². The Morgan fingerprint density at radius 3 is 2.45 bits per heavy atom. The smallest absolute Gasteiger partial charge is 0.255 e. The zero-order chi connectivity index (χ0) is 21.6. The molecule has 31 heavy (non-hydrogen) atoms. The molecule has 1 aromatic heterocycles. The van der Waals surface area contributed by atoms with Gasteiger partial charge in [0.15, 0.2) is 11.5 Å². The zero-order valence-electron chi connectivity index (χ0n) is 17.1. The summed E-state index contributed by atoms with van der Waals surface area (Å²) in [6.45, 7) is 0.329. The first-order valence-electron chi connectivity index (χ1n) is 10.0. The molecule has 1 saturated carbocycles. The first kappa shape index (κ1) is 20.4. The van der Waals surface area contributed by atoms with Crippen LogP contribution in [-0.4, -0.2) is 23.9 Å². The van der Waals surface area contributed by atoms with Crippen molar-refractivity contribution in [3.63, 3.8) is 0 Å². The van der Waals surface area contributed by atoms with E-state index in [0.717, 1.165) is 18.4 Å². The summed E-state index contributed by atoms with van der Waals surface area (Å²) in [5, 5.41) is 5.72. The highest BCUT2D eigenvalue weighted by molar-refractivity contribution is 6.05. The fraction of sp³-hybridized carbons (Fsp3) is 0.208. The zero-order valence-corrected chi connectivity index (χ0v) is 17.1. The number of aromatic nitrogens is 1. The van der Waals surface area contributed by atoms with Crippen LogP contribution in [0.4, 0.5) is 11.4 Å². The van der Waals surface area contributed by atoms with E-state index in [1.165, 1.54) is 0 Å². The van der Waals surface area contributed by atoms with Crippen molar-refractivity contribution in [3.05, 3.63) is 78.1 Å². The van der Waals surface area contributed by atoms with Gasteiger partial charge in [-0.1, -0.05) is 6.07 Å². The average Bonchev–Trinajstić information content (AvgIpc) is 3.65. The van der Waals surface area contributed by atoms with Gasteiger partial charge in [0.05, 0.1) is 7.11 Å². The summed E-state index contributed by atoms with van der Waals surface area (Å²) >= 11 is 0. The summed E-state index contributed by atoms with van der Waals surface area (Å²) in [5.41, 5.74) is 2.67. The minimum atomic E-state index is -0.261. The molecule has 1 fully saturated rings. The number of rotatable bonds is 8. The predicted octanol–water partition coefficient (Wildman–Crippen LogP) is 4.27. The van der Waals surface area contributed by atoms with Crippen molar-refractivity contribution < 1.29 is 19.1 Å². The van der Waals surface area contributed by atoms with Gasteiger partial charge in [0.1, 0.15) is 6.61 Å². The van der Waals surface area contributed by atoms with Gasteiger partial charge in [-0.3, -0.25) is 14.6 Å². The van der Waals surface area contributed by atoms with Crippen LogP contribution in [0.15, 0.2) is 67.0 Å². The van der Waals surface area contributed by atoms with Crippen molar-refractivity contribution >= 4 is 23.2 Å². The maximum atomic E-state index is 12.6. The molecule has 0 radical (unpaired) electrons. The van der Waals surface area contributed by atoms with Crippen molar-refractivity contribution in [3.8, 4) is 11.5 Å². The van der Waals surface area contributed by atoms with Gasteiger partial charge in [0.25, 0.3) is 5.91 Å². The Balaban J connectivity index is 1.40. The lowest BCUT2D eigenvalue weighted by Gasteiger charge is -2.13. The second-order valence-electron chi connectivity index (χ2n) is 7.31. The molecule has 158 valence electrons. The summed E-state index contributed by atoms with van der Waals surface area (Å²) in [6.07, 6.45) is 5.33. The molecular weight excluding hydrogens is 394 g/mol. The van der Waals surface area contributed by atoms with Gasteiger partial charge in [0, 0.05) is 46.9 Å². The number of methoxy groups -OCH3 is 1. The fourth-order valence-corrected chi connectivity index (χ4v) is 3.01. The molecule has 1 aliphatic carbocycles. The lowest BCUT2D eigenvalue weighted by Crippen LogP contribution is -2.14. The van der Waals surface area contributed by atoms with Crippen LogP contribution in [0.3, 0.4) is 0 Å². The number of hydrogen-bond acceptors (Lipinski definition) is 5. The average molecular weight is 417 g/mol. The van der Waals surface area contributed by atoms with E-state index in [-0.39, 0.29) is 17.7 Å². The molecule has 0 unspecified atom stereocenters. The molecular formula is C24H23N3O4. The van der Waals surface area contributed by atoms with E-state index in [1.54, 1.807) is 62.0 Å². The maximum Gasteiger partial charge on any atom is 0.255 e. The Kier molecular flexibility index (Phi) is 6.12. The normalized spacial score (nSPS) is 12.7. The summed E-state index contributed by atoms with van der Waals surface area (Å²) < 4.78 is 11.2. The van der Waals surface area contributed by atoms with Crippen molar-refractivity contribution in [1.82, 2.24) is 4.98 Å². The van der Waals surface area contributed by atoms with E-state index in [9.17, 15) is 9.59 Å². The Morgan fingerprint density at radius 1 is 1.00 bits per heavy atom. The van der Waals surface area contributed by atoms with E-state index in [0.29, 0.717) is 35.0 Å². The number of benzene rings is 2. The monoisotopic (exact) mass is 417 g/mol. The first-order chi connectivity index (χ1) is 15.1. The van der Waals surface area contributed by atoms with Gasteiger partial charge in [-0.05, 0) is 55.3 Å². The molecule has 7 nitrogen and oxygen atoms in total. The third-order valence-electron chi connectivity index (χ3n) is 4.90. The molecule has 0 spiro atoms. The molecule has 1 aliphatic rings. The second kappa shape index (κ2) is 9.30. The molecule has 2 amide bonds. The van der Waals surface area contributed by atoms with Crippen LogP contribution < -0.4 is 20.1 Å². The van der Waals surface area contributed by atoms with Gasteiger partial charge < -0.3 is 20.1 Å². The third-order valence-corrected chi connectivity index (χ3v) is 4.90. The van der Waals surface area contributed by atoms with E-state index in [1.807, 2.05) is 12.1 Å². The molecule has 2 N–H and O–H groups in total. The number of nitrogens with one attached hydrogen (secondary N) is 2. The number of ether oxygens (including phenoxy) is 2. The summed E-state index contributed by atoms with van der Waals surface area (Å²) in [5.74, 6) is 0.991. The Labute approximate surface area is 180 Å². The van der Waals surface area contributed by atoms with Gasteiger partial charge in [0.2, 0.25) is 5.91 Å². The largest absolute Gasteiger partial charge is 0.493 e. The van der Waals surface area contributed by atoms with Crippen LogP contribution in [0, 0.1) is 5.92 Å². The maximum absolute atomic E-state index is 12.6. The minimum Gasteiger partial charge on any atom is -0.493 e. The Bertz CT molecular complexity index is 1060. The number of amides is 2. The molecule has 0 saturated heterocycles. The van der Waals surface area contributed by atoms with E-state index in [4.69, 9.17) is 9.47 Å². The molecule has 7 heteroatoms. The van der Waals surface area contributed by atoms with Crippen molar-refractivity contribution in [2.24, 2.45) is 5.92 Å². The van der Waals surface area contributed by atoms with E-state index >= 15 is 0 Å². The topological polar surface area (TPSA) is 89.6 Å². The Morgan fingerprint density at radius 2 is 1.77 bits per heavy atom. The van der Waals surface area contributed by atoms with Gasteiger partial charge >= 0.3 is 0 Å². The summed E-state index contributed by atoms with van der Waals surface area (Å²) in [7, 11) is 1.56. The molecule has 0 aliphatic heterocycles. The van der Waals surface area contributed by atoms with Crippen LogP contribution in [0.5, 0.6) is 11.5 Å². The summed E-state index contributed by atoms with van der Waals surface area (Å²) in [6, 6.07) is 15.8. The van der Waals surface area contributed by atoms with Crippen molar-refractivity contribution in [1.29, 1.82) is 0 Å². The molecule has 0 atom stereocenters. The van der Waals surface area contributed by atoms with Crippen LogP contribution in [0.25, 0.3) is 0 Å². The lowest BCUT2D eigenvalue weighted by atomic mass is 10.1. The quantitative estimate of drug-likeness (QED) is 0.571. The van der Waals surface area contributed by atoms with Gasteiger partial charge in [-0.2, -0.15) is 0 Å². The van der Waals surface area contributed by atoms with Crippen LogP contribution >= 0.6 is 0 Å². The highest BCUT2D eigenvalue weighted by atomic mass is 16.5. The fourth-order valence-electron chi connectivity index (χ4n) is 3.01. The van der Waals surface area contributed by atoms with Gasteiger partial charge in [-0.25, -0.2) is 0 Å². The summed E-state index contributed by atoms with van der Waals surface area (Å²) in [4.78, 5) is 28.6. The lowest BCUT2D eigenvalue weighted by molar-refractivity contribution is -0.117. The predicted molar refractivity (Wildman–Crippen MR) is 117 cm³/mol. The number of carbonyl (C=O) groups excluding carboxylic acids is 2.